The zero-order valence-corrected chi connectivity index (χ0v) is 16.1. The molecule has 0 bridgehead atoms. The lowest BCUT2D eigenvalue weighted by Gasteiger charge is -2.27. The van der Waals surface area contributed by atoms with Gasteiger partial charge in [-0.05, 0) is 6.92 Å². The number of carbonyl (C=O) groups excluding carboxylic acids is 1. The quantitative estimate of drug-likeness (QED) is 0.160. The Morgan fingerprint density at radius 2 is 1.58 bits per heavy atom. The second kappa shape index (κ2) is 8.91. The third kappa shape index (κ3) is 4.33. The van der Waals surface area contributed by atoms with Gasteiger partial charge in [-0.3, -0.25) is 20.1 Å². The number of hydroxylamine groups is 1. The van der Waals surface area contributed by atoms with E-state index in [2.05, 4.69) is 0 Å². The summed E-state index contributed by atoms with van der Waals surface area (Å²) in [7, 11) is -5.68. The Hall–Kier alpha value is -3.17. The summed E-state index contributed by atoms with van der Waals surface area (Å²) in [5.41, 5.74) is 0.0454. The number of para-hydroxylation sites is 1. The lowest BCUT2D eigenvalue weighted by molar-refractivity contribution is -0.385. The Kier molecular flexibility index (Phi) is 6.93. The van der Waals surface area contributed by atoms with Gasteiger partial charge in [0, 0.05) is 18.2 Å². The van der Waals surface area contributed by atoms with Gasteiger partial charge in [0.1, 0.15) is 6.04 Å². The second-order valence-electron chi connectivity index (χ2n) is 5.99. The first kappa shape index (κ1) is 24.1. The summed E-state index contributed by atoms with van der Waals surface area (Å²) in [5.74, 6) is -14.6. The largest absolute Gasteiger partial charge is 0.289 e. The molecule has 0 saturated carbocycles. The van der Waals surface area contributed by atoms with Crippen molar-refractivity contribution in [1.82, 2.24) is 9.79 Å². The lowest BCUT2D eigenvalue weighted by Crippen LogP contribution is -2.47. The van der Waals surface area contributed by atoms with Crippen molar-refractivity contribution in [2.75, 3.05) is 0 Å². The van der Waals surface area contributed by atoms with Crippen molar-refractivity contribution in [1.29, 1.82) is 0 Å². The van der Waals surface area contributed by atoms with Gasteiger partial charge >= 0.3 is 0 Å². The number of nitro benzene ring substituents is 1. The molecule has 15 heteroatoms. The van der Waals surface area contributed by atoms with Gasteiger partial charge in [-0.2, -0.15) is 4.31 Å². The van der Waals surface area contributed by atoms with E-state index in [0.717, 1.165) is 24.5 Å². The van der Waals surface area contributed by atoms with Crippen molar-refractivity contribution in [2.45, 2.75) is 24.4 Å². The first-order chi connectivity index (χ1) is 14.4. The topological polar surface area (TPSA) is 130 Å². The number of nitro groups is 1. The number of benzene rings is 2. The van der Waals surface area contributed by atoms with Crippen LogP contribution in [0.1, 0.15) is 12.5 Å². The number of carbonyl (C=O) groups is 1. The van der Waals surface area contributed by atoms with E-state index in [1.54, 1.807) is 0 Å². The van der Waals surface area contributed by atoms with Crippen molar-refractivity contribution in [3.05, 3.63) is 69.0 Å². The maximum Gasteiger partial charge on any atom is 0.273 e. The van der Waals surface area contributed by atoms with Gasteiger partial charge in [0.05, 0.1) is 4.92 Å². The highest BCUT2D eigenvalue weighted by atomic mass is 32.2. The fourth-order valence-corrected chi connectivity index (χ4v) is 4.26. The maximum absolute atomic E-state index is 14.2. The van der Waals surface area contributed by atoms with Gasteiger partial charge in [0.15, 0.2) is 28.2 Å². The van der Waals surface area contributed by atoms with Gasteiger partial charge < -0.3 is 0 Å². The summed E-state index contributed by atoms with van der Waals surface area (Å²) >= 11 is 0. The zero-order valence-electron chi connectivity index (χ0n) is 15.3. The van der Waals surface area contributed by atoms with E-state index in [1.807, 2.05) is 0 Å². The first-order valence-corrected chi connectivity index (χ1v) is 9.49. The Morgan fingerprint density at radius 1 is 1.10 bits per heavy atom. The van der Waals surface area contributed by atoms with Crippen LogP contribution in [0, 0.1) is 39.2 Å². The highest BCUT2D eigenvalue weighted by Gasteiger charge is 2.41. The van der Waals surface area contributed by atoms with E-state index in [0.29, 0.717) is 0 Å². The molecule has 2 aromatic rings. The molecule has 2 N–H and O–H groups in total. The Bertz CT molecular complexity index is 1130. The molecule has 0 aliphatic carbocycles. The number of hydrogen-bond donors (Lipinski definition) is 2. The number of hydrogen-bond acceptors (Lipinski definition) is 6. The highest BCUT2D eigenvalue weighted by Crippen LogP contribution is 2.32. The standard InChI is InChI=1S/C16H12F5N3O6S/c1-7(16(25)22-26)23(6-8-4-2-3-5-9(8)24(27)28)31(29,30)15-13(20)11(18)10(17)12(19)14(15)21/h2-5,7,26H,6H2,1H3,(H,22,25)/t7-/m0/s1. The van der Waals surface area contributed by atoms with Crippen molar-refractivity contribution in [3.63, 3.8) is 0 Å². The van der Waals surface area contributed by atoms with Crippen LogP contribution in [0.15, 0.2) is 29.2 Å². The molecule has 168 valence electrons. The minimum absolute atomic E-state index is 0.0564. The van der Waals surface area contributed by atoms with E-state index in [4.69, 9.17) is 5.21 Å². The average molecular weight is 469 g/mol. The Labute approximate surface area is 170 Å². The van der Waals surface area contributed by atoms with E-state index in [-0.39, 0.29) is 9.87 Å². The summed E-state index contributed by atoms with van der Waals surface area (Å²) in [5, 5.41) is 20.0. The van der Waals surface area contributed by atoms with Gasteiger partial charge in [0.25, 0.3) is 11.6 Å². The molecule has 0 unspecified atom stereocenters. The molecule has 31 heavy (non-hydrogen) atoms. The first-order valence-electron chi connectivity index (χ1n) is 8.05. The molecule has 0 aromatic heterocycles. The van der Waals surface area contributed by atoms with Crippen LogP contribution in [0.4, 0.5) is 27.6 Å². The summed E-state index contributed by atoms with van der Waals surface area (Å²) in [6.07, 6.45) is 0. The third-order valence-electron chi connectivity index (χ3n) is 4.17. The summed E-state index contributed by atoms with van der Waals surface area (Å²) in [6.45, 7) is -0.280. The molecular formula is C16H12F5N3O6S. The fraction of sp³-hybridized carbons (Fsp3) is 0.188. The van der Waals surface area contributed by atoms with Crippen LogP contribution < -0.4 is 5.48 Å². The normalized spacial score (nSPS) is 12.6. The summed E-state index contributed by atoms with van der Waals surface area (Å²) in [6, 6.07) is 2.46. The van der Waals surface area contributed by atoms with Crippen molar-refractivity contribution >= 4 is 21.6 Å². The number of nitrogens with one attached hydrogen (secondary N) is 1. The van der Waals surface area contributed by atoms with Gasteiger partial charge in [-0.1, -0.05) is 18.2 Å². The number of halogens is 5. The van der Waals surface area contributed by atoms with E-state index >= 15 is 0 Å². The SMILES string of the molecule is C[C@@H](C(=O)NO)N(Cc1ccccc1[N+](=O)[O-])S(=O)(=O)c1c(F)c(F)c(F)c(F)c1F. The van der Waals surface area contributed by atoms with Crippen molar-refractivity contribution in [2.24, 2.45) is 0 Å². The molecule has 0 spiro atoms. The fourth-order valence-electron chi connectivity index (χ4n) is 2.57. The van der Waals surface area contributed by atoms with Crippen molar-refractivity contribution in [3.8, 4) is 0 Å². The molecule has 0 aliphatic rings. The smallest absolute Gasteiger partial charge is 0.273 e. The van der Waals surface area contributed by atoms with Gasteiger partial charge in [0.2, 0.25) is 15.8 Å². The average Bonchev–Trinajstić information content (AvgIpc) is 2.73. The van der Waals surface area contributed by atoms with E-state index < -0.39 is 73.1 Å². The highest BCUT2D eigenvalue weighted by molar-refractivity contribution is 7.89. The molecule has 0 fully saturated rings. The second-order valence-corrected chi connectivity index (χ2v) is 7.81. The van der Waals surface area contributed by atoms with Crippen LogP contribution >= 0.6 is 0 Å². The van der Waals surface area contributed by atoms with Crippen LogP contribution in [0.3, 0.4) is 0 Å². The van der Waals surface area contributed by atoms with E-state index in [1.165, 1.54) is 12.1 Å². The molecule has 2 aromatic carbocycles. The molecule has 9 nitrogen and oxygen atoms in total. The molecular weight excluding hydrogens is 457 g/mol. The Morgan fingerprint density at radius 3 is 2.06 bits per heavy atom. The van der Waals surface area contributed by atoms with Crippen LogP contribution in [-0.2, 0) is 21.4 Å². The molecule has 0 aliphatic heterocycles. The number of rotatable bonds is 7. The third-order valence-corrected chi connectivity index (χ3v) is 6.11. The number of sulfonamides is 1. The van der Waals surface area contributed by atoms with Gasteiger partial charge in [-0.25, -0.2) is 35.8 Å². The number of amides is 1. The van der Waals surface area contributed by atoms with Crippen molar-refractivity contribution < 1.29 is 45.3 Å². The molecule has 0 heterocycles. The monoisotopic (exact) mass is 469 g/mol. The minimum Gasteiger partial charge on any atom is -0.289 e. The van der Waals surface area contributed by atoms with Crippen LogP contribution in [0.25, 0.3) is 0 Å². The predicted octanol–water partition coefficient (Wildman–Crippen LogP) is 2.38. The van der Waals surface area contributed by atoms with E-state index in [9.17, 15) is 45.3 Å². The molecule has 2 rings (SSSR count). The maximum atomic E-state index is 14.2. The number of nitrogens with zero attached hydrogens (tertiary/aromatic N) is 2. The molecule has 0 radical (unpaired) electrons. The minimum atomic E-state index is -5.68. The summed E-state index contributed by atoms with van der Waals surface area (Å²) in [4.78, 5) is 19.8. The predicted molar refractivity (Wildman–Crippen MR) is 91.4 cm³/mol. The van der Waals surface area contributed by atoms with Gasteiger partial charge in [-0.15, -0.1) is 0 Å². The van der Waals surface area contributed by atoms with Crippen LogP contribution in [0.2, 0.25) is 0 Å². The lowest BCUT2D eigenvalue weighted by atomic mass is 10.1. The molecule has 0 saturated heterocycles. The zero-order chi connectivity index (χ0) is 23.7. The van der Waals surface area contributed by atoms with Crippen LogP contribution in [-0.4, -0.2) is 34.8 Å². The molecule has 1 atom stereocenters. The van der Waals surface area contributed by atoms with Crippen LogP contribution in [0.5, 0.6) is 0 Å². The molecule has 1 amide bonds. The summed E-state index contributed by atoms with van der Waals surface area (Å²) < 4.78 is 94.5. The Balaban J connectivity index is 2.77.